The van der Waals surface area contributed by atoms with E-state index in [-0.39, 0.29) is 0 Å². The van der Waals surface area contributed by atoms with Crippen LogP contribution in [0.5, 0.6) is 0 Å². The zero-order valence-corrected chi connectivity index (χ0v) is 7.56. The second kappa shape index (κ2) is 2.35. The fraction of sp³-hybridized carbons (Fsp3) is 0. The molecule has 0 amide bonds. The van der Waals surface area contributed by atoms with Crippen molar-refractivity contribution in [3.63, 3.8) is 0 Å². The van der Waals surface area contributed by atoms with Gasteiger partial charge in [-0.3, -0.25) is 0 Å². The molecular weight excluding hydrogens is 211 g/mol. The molecule has 0 bridgehead atoms. The van der Waals surface area contributed by atoms with Crippen molar-refractivity contribution in [2.45, 2.75) is 0 Å². The Balaban J connectivity index is 2.78. The van der Waals surface area contributed by atoms with Crippen LogP contribution in [-0.2, 0) is 0 Å². The van der Waals surface area contributed by atoms with Crippen LogP contribution in [-0.4, -0.2) is 20.8 Å². The molecule has 0 saturated heterocycles. The zero-order valence-electron chi connectivity index (χ0n) is 5.03. The molecule has 2 heterocycles. The molecule has 1 nitrogen and oxygen atoms in total. The third kappa shape index (κ3) is 0.870. The maximum absolute atomic E-state index is 10.3. The topological polar surface area (TPSA) is 17.1 Å². The quantitative estimate of drug-likeness (QED) is 0.523. The van der Waals surface area contributed by atoms with Gasteiger partial charge in [0, 0.05) is 0 Å². The Hall–Kier alpha value is -0.371. The van der Waals surface area contributed by atoms with Gasteiger partial charge >= 0.3 is 67.8 Å². The standard InChI is InChI=1S/C7H4OSSe/c8-4-6-3-5-1-2-9-7(5)10-6/h1-4H. The zero-order chi connectivity index (χ0) is 6.97. The summed E-state index contributed by atoms with van der Waals surface area (Å²) >= 11 is 2.06. The molecule has 0 aliphatic carbocycles. The summed E-state index contributed by atoms with van der Waals surface area (Å²) in [5.74, 6) is 0. The van der Waals surface area contributed by atoms with E-state index in [0.717, 1.165) is 10.7 Å². The first-order chi connectivity index (χ1) is 4.90. The van der Waals surface area contributed by atoms with E-state index < -0.39 is 0 Å². The molecule has 2 aromatic rings. The molecule has 0 saturated carbocycles. The normalized spacial score (nSPS) is 10.4. The second-order valence-electron chi connectivity index (χ2n) is 1.93. The molecule has 0 aromatic carbocycles. The fourth-order valence-electron chi connectivity index (χ4n) is 0.843. The molecule has 0 unspecified atom stereocenters. The van der Waals surface area contributed by atoms with Gasteiger partial charge in [-0.25, -0.2) is 0 Å². The van der Waals surface area contributed by atoms with Crippen molar-refractivity contribution in [2.75, 3.05) is 0 Å². The molecule has 10 heavy (non-hydrogen) atoms. The van der Waals surface area contributed by atoms with Gasteiger partial charge in [-0.05, 0) is 0 Å². The molecule has 0 N–H and O–H groups in total. The van der Waals surface area contributed by atoms with Gasteiger partial charge in [0.05, 0.1) is 0 Å². The van der Waals surface area contributed by atoms with Crippen LogP contribution in [0.25, 0.3) is 8.96 Å². The van der Waals surface area contributed by atoms with E-state index in [0.29, 0.717) is 14.5 Å². The average Bonchev–Trinajstić information content (AvgIpc) is 2.42. The number of carbonyl (C=O) groups excluding carboxylic acids is 1. The molecular formula is C7H4OSSe. The van der Waals surface area contributed by atoms with Crippen LogP contribution in [0.1, 0.15) is 9.23 Å². The van der Waals surface area contributed by atoms with Gasteiger partial charge in [0.15, 0.2) is 0 Å². The van der Waals surface area contributed by atoms with Crippen LogP contribution in [0, 0.1) is 0 Å². The summed E-state index contributed by atoms with van der Waals surface area (Å²) in [6, 6.07) is 4.05. The Bertz CT molecular complexity index is 332. The van der Waals surface area contributed by atoms with Crippen molar-refractivity contribution in [1.29, 1.82) is 0 Å². The number of hydrogen-bond acceptors (Lipinski definition) is 2. The number of carbonyl (C=O) groups is 1. The van der Waals surface area contributed by atoms with Crippen LogP contribution < -0.4 is 0 Å². The Morgan fingerprint density at radius 2 is 2.50 bits per heavy atom. The first-order valence-electron chi connectivity index (χ1n) is 2.82. The van der Waals surface area contributed by atoms with Crippen LogP contribution in [0.2, 0.25) is 0 Å². The Morgan fingerprint density at radius 3 is 3.20 bits per heavy atom. The molecule has 0 spiro atoms. The van der Waals surface area contributed by atoms with Crippen molar-refractivity contribution in [3.8, 4) is 0 Å². The Kier molecular flexibility index (Phi) is 1.49. The summed E-state index contributed by atoms with van der Waals surface area (Å²) < 4.78 is 2.35. The molecule has 3 heteroatoms. The van der Waals surface area contributed by atoms with Crippen molar-refractivity contribution in [3.05, 3.63) is 22.0 Å². The van der Waals surface area contributed by atoms with Gasteiger partial charge in [-0.1, -0.05) is 0 Å². The molecule has 0 aliphatic heterocycles. The first kappa shape index (κ1) is 6.35. The summed E-state index contributed by atoms with van der Waals surface area (Å²) in [7, 11) is 0. The molecule has 0 aliphatic rings. The van der Waals surface area contributed by atoms with E-state index in [1.54, 1.807) is 11.3 Å². The van der Waals surface area contributed by atoms with E-state index in [1.165, 1.54) is 8.96 Å². The molecule has 0 fully saturated rings. The minimum atomic E-state index is 0.311. The average molecular weight is 215 g/mol. The van der Waals surface area contributed by atoms with Crippen LogP contribution >= 0.6 is 11.3 Å². The molecule has 0 radical (unpaired) electrons. The van der Waals surface area contributed by atoms with E-state index in [4.69, 9.17) is 0 Å². The molecule has 2 aromatic heterocycles. The second-order valence-corrected chi connectivity index (χ2v) is 5.70. The number of fused-ring (bicyclic) bond motifs is 1. The summed E-state index contributed by atoms with van der Waals surface area (Å²) in [5, 5.41) is 3.33. The van der Waals surface area contributed by atoms with E-state index in [1.807, 2.05) is 6.07 Å². The van der Waals surface area contributed by atoms with Gasteiger partial charge in [0.25, 0.3) is 0 Å². The molecule has 0 atom stereocenters. The summed E-state index contributed by atoms with van der Waals surface area (Å²) in [5.41, 5.74) is 0. The SMILES string of the molecule is O=Cc1cc2ccsc2[se]1. The predicted octanol–water partition coefficient (Wildman–Crippen LogP) is 1.77. The van der Waals surface area contributed by atoms with Gasteiger partial charge in [0.1, 0.15) is 0 Å². The monoisotopic (exact) mass is 216 g/mol. The van der Waals surface area contributed by atoms with Gasteiger partial charge in [-0.15, -0.1) is 0 Å². The number of aldehydes is 1. The Labute approximate surface area is 68.0 Å². The van der Waals surface area contributed by atoms with Gasteiger partial charge < -0.3 is 0 Å². The Morgan fingerprint density at radius 1 is 1.60 bits per heavy atom. The number of rotatable bonds is 1. The molecule has 2 rings (SSSR count). The van der Waals surface area contributed by atoms with Crippen molar-refractivity contribution < 1.29 is 4.79 Å². The third-order valence-corrected chi connectivity index (χ3v) is 4.87. The summed E-state index contributed by atoms with van der Waals surface area (Å²) in [4.78, 5) is 10.3. The van der Waals surface area contributed by atoms with Crippen molar-refractivity contribution in [1.82, 2.24) is 0 Å². The minimum absolute atomic E-state index is 0.311. The first-order valence-corrected chi connectivity index (χ1v) is 5.41. The van der Waals surface area contributed by atoms with Crippen molar-refractivity contribution in [2.24, 2.45) is 0 Å². The van der Waals surface area contributed by atoms with Gasteiger partial charge in [0.2, 0.25) is 0 Å². The predicted molar refractivity (Wildman–Crippen MR) is 44.2 cm³/mol. The third-order valence-electron chi connectivity index (χ3n) is 1.28. The molecule has 50 valence electrons. The number of hydrogen-bond donors (Lipinski definition) is 0. The van der Waals surface area contributed by atoms with Crippen LogP contribution in [0.4, 0.5) is 0 Å². The van der Waals surface area contributed by atoms with Gasteiger partial charge in [-0.2, -0.15) is 0 Å². The maximum atomic E-state index is 10.3. The van der Waals surface area contributed by atoms with E-state index in [2.05, 4.69) is 11.4 Å². The fourth-order valence-corrected chi connectivity index (χ4v) is 4.10. The van der Waals surface area contributed by atoms with E-state index >= 15 is 0 Å². The van der Waals surface area contributed by atoms with Crippen LogP contribution in [0.15, 0.2) is 17.5 Å². The number of thiophene rings is 1. The summed E-state index contributed by atoms with van der Waals surface area (Å²) in [6.45, 7) is 0. The van der Waals surface area contributed by atoms with E-state index in [9.17, 15) is 4.79 Å². The van der Waals surface area contributed by atoms with Crippen LogP contribution in [0.3, 0.4) is 0 Å². The van der Waals surface area contributed by atoms with Crippen molar-refractivity contribution >= 4 is 41.1 Å². The summed E-state index contributed by atoms with van der Waals surface area (Å²) in [6.07, 6.45) is 0.965.